The van der Waals surface area contributed by atoms with Crippen LogP contribution in [0.2, 0.25) is 0 Å². The van der Waals surface area contributed by atoms with Crippen LogP contribution in [0.5, 0.6) is 0 Å². The maximum Gasteiger partial charge on any atom is 0.0859 e. The molecule has 2 nitrogen and oxygen atoms in total. The molecule has 0 spiro atoms. The first-order valence-corrected chi connectivity index (χ1v) is 9.60. The minimum atomic E-state index is 0.770. The van der Waals surface area contributed by atoms with Crippen molar-refractivity contribution >= 4 is 28.9 Å². The molecule has 0 bridgehead atoms. The van der Waals surface area contributed by atoms with Gasteiger partial charge in [-0.05, 0) is 60.7 Å². The van der Waals surface area contributed by atoms with E-state index in [1.54, 1.807) is 0 Å². The molecule has 0 aliphatic heterocycles. The summed E-state index contributed by atoms with van der Waals surface area (Å²) in [5.41, 5.74) is 5.69. The van der Waals surface area contributed by atoms with Crippen LogP contribution in [0.15, 0.2) is 102 Å². The molecule has 2 heteroatoms. The number of aliphatic imine (C=N–C) groups is 1. The molecule has 0 fully saturated rings. The molecule has 1 aliphatic rings. The van der Waals surface area contributed by atoms with Gasteiger partial charge >= 0.3 is 0 Å². The average molecular weight is 364 g/mol. The molecule has 0 N–H and O–H groups in total. The lowest BCUT2D eigenvalue weighted by Gasteiger charge is -2.27. The molecule has 1 aliphatic carbocycles. The molecule has 3 aromatic carbocycles. The van der Waals surface area contributed by atoms with Crippen LogP contribution >= 0.6 is 0 Å². The smallest absolute Gasteiger partial charge is 0.0859 e. The van der Waals surface area contributed by atoms with E-state index in [0.29, 0.717) is 0 Å². The van der Waals surface area contributed by atoms with Gasteiger partial charge in [0.2, 0.25) is 0 Å². The summed E-state index contributed by atoms with van der Waals surface area (Å²) in [7, 11) is 0. The molecule has 28 heavy (non-hydrogen) atoms. The summed E-state index contributed by atoms with van der Waals surface area (Å²) in [6.07, 6.45) is 11.7. The van der Waals surface area contributed by atoms with E-state index in [9.17, 15) is 0 Å². The first-order valence-electron chi connectivity index (χ1n) is 9.60. The van der Waals surface area contributed by atoms with Crippen LogP contribution < -0.4 is 4.90 Å². The van der Waals surface area contributed by atoms with Gasteiger partial charge in [0.1, 0.15) is 0 Å². The van der Waals surface area contributed by atoms with E-state index in [-0.39, 0.29) is 0 Å². The van der Waals surface area contributed by atoms with Crippen LogP contribution in [0.4, 0.5) is 11.4 Å². The quantitative estimate of drug-likeness (QED) is 0.450. The summed E-state index contributed by atoms with van der Waals surface area (Å²) >= 11 is 0. The molecule has 4 rings (SSSR count). The van der Waals surface area contributed by atoms with Gasteiger partial charge in [-0.3, -0.25) is 4.99 Å². The van der Waals surface area contributed by atoms with Gasteiger partial charge in [0, 0.05) is 12.2 Å². The van der Waals surface area contributed by atoms with E-state index >= 15 is 0 Å². The summed E-state index contributed by atoms with van der Waals surface area (Å²) in [6.45, 7) is 6.67. The zero-order chi connectivity index (χ0) is 19.3. The lowest BCUT2D eigenvalue weighted by Crippen LogP contribution is -2.21. The Morgan fingerprint density at radius 1 is 0.964 bits per heavy atom. The lowest BCUT2D eigenvalue weighted by atomic mass is 10.0. The van der Waals surface area contributed by atoms with Gasteiger partial charge in [0.15, 0.2) is 0 Å². The molecular formula is C26H24N2. The highest BCUT2D eigenvalue weighted by Crippen LogP contribution is 2.33. The van der Waals surface area contributed by atoms with Gasteiger partial charge in [-0.2, -0.15) is 0 Å². The first-order chi connectivity index (χ1) is 13.7. The summed E-state index contributed by atoms with van der Waals surface area (Å²) in [5.74, 6) is 0. The van der Waals surface area contributed by atoms with E-state index in [1.165, 1.54) is 27.6 Å². The topological polar surface area (TPSA) is 15.6 Å². The van der Waals surface area contributed by atoms with Crippen molar-refractivity contribution in [1.82, 2.24) is 0 Å². The highest BCUT2D eigenvalue weighted by molar-refractivity contribution is 5.84. The number of fused-ring (bicyclic) bond motifs is 1. The van der Waals surface area contributed by atoms with Crippen LogP contribution in [0.1, 0.15) is 17.5 Å². The fourth-order valence-corrected chi connectivity index (χ4v) is 3.61. The van der Waals surface area contributed by atoms with Gasteiger partial charge in [0.25, 0.3) is 0 Å². The van der Waals surface area contributed by atoms with E-state index in [4.69, 9.17) is 0 Å². The molecular weight excluding hydrogens is 340 g/mol. The SMILES string of the molecule is C=Nc1ccccc1N(Cc1ccc2cc(C)ccc2c1)C1=CCC=CC=C1. The van der Waals surface area contributed by atoms with Crippen LogP contribution in [0.3, 0.4) is 0 Å². The van der Waals surface area contributed by atoms with Crippen molar-refractivity contribution in [2.45, 2.75) is 19.9 Å². The normalized spacial score (nSPS) is 13.2. The number of allylic oxidation sites excluding steroid dienone is 5. The average Bonchev–Trinajstić information content (AvgIpc) is 3.01. The number of hydrogen-bond donors (Lipinski definition) is 0. The lowest BCUT2D eigenvalue weighted by molar-refractivity contribution is 0.930. The third-order valence-corrected chi connectivity index (χ3v) is 5.03. The Morgan fingerprint density at radius 2 is 1.79 bits per heavy atom. The number of rotatable bonds is 5. The van der Waals surface area contributed by atoms with Crippen molar-refractivity contribution in [3.63, 3.8) is 0 Å². The Kier molecular flexibility index (Phi) is 5.20. The molecule has 0 unspecified atom stereocenters. The first kappa shape index (κ1) is 18.0. The van der Waals surface area contributed by atoms with E-state index in [2.05, 4.69) is 102 Å². The van der Waals surface area contributed by atoms with Crippen LogP contribution in [-0.2, 0) is 6.54 Å². The van der Waals surface area contributed by atoms with Crippen molar-refractivity contribution in [3.05, 3.63) is 108 Å². The maximum absolute atomic E-state index is 4.25. The fourth-order valence-electron chi connectivity index (χ4n) is 3.61. The summed E-state index contributed by atoms with van der Waals surface area (Å²) in [4.78, 5) is 6.57. The van der Waals surface area contributed by atoms with Crippen LogP contribution in [0.25, 0.3) is 10.8 Å². The number of hydrogen-bond acceptors (Lipinski definition) is 2. The van der Waals surface area contributed by atoms with E-state index in [1.807, 2.05) is 12.1 Å². The Balaban J connectivity index is 1.76. The van der Waals surface area contributed by atoms with Gasteiger partial charge in [-0.25, -0.2) is 0 Å². The maximum atomic E-state index is 4.25. The highest BCUT2D eigenvalue weighted by atomic mass is 15.1. The summed E-state index contributed by atoms with van der Waals surface area (Å²) in [6, 6.07) is 21.5. The minimum Gasteiger partial charge on any atom is -0.336 e. The van der Waals surface area contributed by atoms with Crippen molar-refractivity contribution in [3.8, 4) is 0 Å². The minimum absolute atomic E-state index is 0.770. The third kappa shape index (κ3) is 3.81. The second-order valence-electron chi connectivity index (χ2n) is 7.07. The third-order valence-electron chi connectivity index (χ3n) is 5.03. The molecule has 0 aromatic heterocycles. The molecule has 0 heterocycles. The predicted molar refractivity (Wildman–Crippen MR) is 121 cm³/mol. The van der Waals surface area contributed by atoms with Crippen molar-refractivity contribution in [2.75, 3.05) is 4.90 Å². The van der Waals surface area contributed by atoms with Gasteiger partial charge < -0.3 is 4.90 Å². The predicted octanol–water partition coefficient (Wildman–Crippen LogP) is 6.89. The summed E-state index contributed by atoms with van der Waals surface area (Å²) in [5, 5.41) is 2.55. The number of para-hydroxylation sites is 2. The molecule has 0 radical (unpaired) electrons. The largest absolute Gasteiger partial charge is 0.336 e. The van der Waals surface area contributed by atoms with E-state index in [0.717, 1.165) is 24.3 Å². The number of anilines is 1. The molecule has 0 saturated carbocycles. The zero-order valence-corrected chi connectivity index (χ0v) is 16.2. The Bertz CT molecular complexity index is 1100. The molecule has 0 atom stereocenters. The molecule has 0 saturated heterocycles. The van der Waals surface area contributed by atoms with Gasteiger partial charge in [-0.15, -0.1) is 0 Å². The van der Waals surface area contributed by atoms with Crippen LogP contribution in [-0.4, -0.2) is 6.72 Å². The van der Waals surface area contributed by atoms with Gasteiger partial charge in [-0.1, -0.05) is 72.3 Å². The highest BCUT2D eigenvalue weighted by Gasteiger charge is 2.15. The van der Waals surface area contributed by atoms with E-state index < -0.39 is 0 Å². The molecule has 138 valence electrons. The van der Waals surface area contributed by atoms with Crippen molar-refractivity contribution in [2.24, 2.45) is 4.99 Å². The standard InChI is InChI=1S/C26H24N2/c1-20-13-15-23-18-21(14-16-22(23)17-20)19-28(24-9-5-3-4-6-10-24)26-12-8-7-11-25(26)27-2/h3-5,7-18H,2,6,19H2,1H3. The number of nitrogens with zero attached hydrogens (tertiary/aromatic N) is 2. The van der Waals surface area contributed by atoms with Crippen molar-refractivity contribution < 1.29 is 0 Å². The molecule has 3 aromatic rings. The Morgan fingerprint density at radius 3 is 2.68 bits per heavy atom. The monoisotopic (exact) mass is 364 g/mol. The van der Waals surface area contributed by atoms with Gasteiger partial charge in [0.05, 0.1) is 11.4 Å². The van der Waals surface area contributed by atoms with Crippen molar-refractivity contribution in [1.29, 1.82) is 0 Å². The Hall–Kier alpha value is -3.39. The van der Waals surface area contributed by atoms with Crippen LogP contribution in [0, 0.1) is 6.92 Å². The zero-order valence-electron chi connectivity index (χ0n) is 16.2. The second kappa shape index (κ2) is 8.10. The molecule has 0 amide bonds. The summed E-state index contributed by atoms with van der Waals surface area (Å²) < 4.78 is 0. The number of aryl methyl sites for hydroxylation is 1. The Labute approximate surface area is 166 Å². The number of benzene rings is 3. The fraction of sp³-hybridized carbons (Fsp3) is 0.115. The second-order valence-corrected chi connectivity index (χ2v) is 7.07.